The molecule has 1 aromatic heterocycles. The first kappa shape index (κ1) is 22.2. The number of nitrogens with zero attached hydrogens (tertiary/aromatic N) is 3. The molecule has 0 unspecified atom stereocenters. The number of thiazole rings is 1. The van der Waals surface area contributed by atoms with E-state index in [0.717, 1.165) is 30.3 Å². The van der Waals surface area contributed by atoms with Gasteiger partial charge in [-0.1, -0.05) is 18.2 Å². The zero-order chi connectivity index (χ0) is 21.4. The molecule has 1 fully saturated rings. The summed E-state index contributed by atoms with van der Waals surface area (Å²) in [6.07, 6.45) is -1.56. The lowest BCUT2D eigenvalue weighted by Crippen LogP contribution is -2.38. The lowest BCUT2D eigenvalue weighted by molar-refractivity contribution is -0.274. The van der Waals surface area contributed by atoms with E-state index in [2.05, 4.69) is 30.6 Å². The molecule has 2 N–H and O–H groups in total. The standard InChI is InChI=1S/C20H26F3N5OS/c1-2-24-18(26-13-15-7-3-4-8-17(15)29-20(21,22)23)25-10-9-16-14-30-19(27-16)28-11-5-6-12-28/h3-4,7-8,14H,2,5-6,9-13H2,1H3,(H2,24,25,26). The monoisotopic (exact) mass is 441 g/mol. The highest BCUT2D eigenvalue weighted by Gasteiger charge is 2.31. The number of benzene rings is 1. The molecule has 2 aromatic rings. The van der Waals surface area contributed by atoms with Crippen molar-refractivity contribution in [3.63, 3.8) is 0 Å². The van der Waals surface area contributed by atoms with Crippen molar-refractivity contribution in [1.82, 2.24) is 15.6 Å². The number of alkyl halides is 3. The van der Waals surface area contributed by atoms with Crippen LogP contribution in [0.4, 0.5) is 18.3 Å². The van der Waals surface area contributed by atoms with Crippen molar-refractivity contribution in [2.24, 2.45) is 4.99 Å². The van der Waals surface area contributed by atoms with Crippen molar-refractivity contribution in [2.75, 3.05) is 31.1 Å². The summed E-state index contributed by atoms with van der Waals surface area (Å²) in [6.45, 7) is 5.40. The van der Waals surface area contributed by atoms with Crippen molar-refractivity contribution in [3.05, 3.63) is 40.9 Å². The Morgan fingerprint density at radius 1 is 1.23 bits per heavy atom. The van der Waals surface area contributed by atoms with E-state index < -0.39 is 6.36 Å². The van der Waals surface area contributed by atoms with Gasteiger partial charge in [-0.3, -0.25) is 0 Å². The number of aliphatic imine (C=N–C) groups is 1. The molecule has 2 heterocycles. The summed E-state index contributed by atoms with van der Waals surface area (Å²) >= 11 is 1.66. The molecule has 1 aliphatic heterocycles. The second-order valence-electron chi connectivity index (χ2n) is 6.84. The number of guanidine groups is 1. The number of halogens is 3. The highest BCUT2D eigenvalue weighted by Crippen LogP contribution is 2.27. The fourth-order valence-electron chi connectivity index (χ4n) is 3.14. The van der Waals surface area contributed by atoms with Gasteiger partial charge in [0.1, 0.15) is 5.75 Å². The first-order valence-electron chi connectivity index (χ1n) is 10.00. The Morgan fingerprint density at radius 2 is 2.00 bits per heavy atom. The van der Waals surface area contributed by atoms with E-state index in [-0.39, 0.29) is 12.3 Å². The number of hydrogen-bond acceptors (Lipinski definition) is 5. The van der Waals surface area contributed by atoms with Crippen LogP contribution < -0.4 is 20.3 Å². The third-order valence-electron chi connectivity index (χ3n) is 4.54. The topological polar surface area (TPSA) is 61.8 Å². The minimum Gasteiger partial charge on any atom is -0.405 e. The summed E-state index contributed by atoms with van der Waals surface area (Å²) in [7, 11) is 0. The maximum absolute atomic E-state index is 12.6. The van der Waals surface area contributed by atoms with Gasteiger partial charge >= 0.3 is 6.36 Å². The average molecular weight is 442 g/mol. The van der Waals surface area contributed by atoms with Gasteiger partial charge in [0.25, 0.3) is 0 Å². The van der Waals surface area contributed by atoms with E-state index in [0.29, 0.717) is 24.6 Å². The van der Waals surface area contributed by atoms with Crippen LogP contribution in [0.25, 0.3) is 0 Å². The molecule has 0 bridgehead atoms. The largest absolute Gasteiger partial charge is 0.573 e. The number of rotatable bonds is 8. The van der Waals surface area contributed by atoms with Gasteiger partial charge in [-0.2, -0.15) is 0 Å². The predicted octanol–water partition coefficient (Wildman–Crippen LogP) is 3.94. The zero-order valence-electron chi connectivity index (χ0n) is 16.8. The molecular weight excluding hydrogens is 415 g/mol. The lowest BCUT2D eigenvalue weighted by atomic mass is 10.2. The van der Waals surface area contributed by atoms with Gasteiger partial charge in [0.05, 0.1) is 12.2 Å². The summed E-state index contributed by atoms with van der Waals surface area (Å²) in [4.78, 5) is 11.4. The van der Waals surface area contributed by atoms with Crippen LogP contribution in [0.1, 0.15) is 31.0 Å². The van der Waals surface area contributed by atoms with E-state index in [9.17, 15) is 13.2 Å². The van der Waals surface area contributed by atoms with Crippen molar-refractivity contribution < 1.29 is 17.9 Å². The Morgan fingerprint density at radius 3 is 2.73 bits per heavy atom. The molecule has 10 heteroatoms. The van der Waals surface area contributed by atoms with E-state index in [1.54, 1.807) is 23.5 Å². The number of nitrogens with one attached hydrogen (secondary N) is 2. The maximum atomic E-state index is 12.6. The molecule has 0 amide bonds. The van der Waals surface area contributed by atoms with E-state index in [4.69, 9.17) is 4.98 Å². The van der Waals surface area contributed by atoms with Gasteiger partial charge in [0.2, 0.25) is 0 Å². The predicted molar refractivity (Wildman–Crippen MR) is 113 cm³/mol. The summed E-state index contributed by atoms with van der Waals surface area (Å²) in [5, 5.41) is 9.47. The molecule has 164 valence electrons. The smallest absolute Gasteiger partial charge is 0.405 e. The molecule has 0 atom stereocenters. The molecule has 1 aromatic carbocycles. The normalized spacial score (nSPS) is 14.8. The molecule has 0 aliphatic carbocycles. The highest BCUT2D eigenvalue weighted by atomic mass is 32.1. The Bertz CT molecular complexity index is 834. The summed E-state index contributed by atoms with van der Waals surface area (Å²) in [6, 6.07) is 6.03. The van der Waals surface area contributed by atoms with Crippen molar-refractivity contribution in [2.45, 2.75) is 39.1 Å². The van der Waals surface area contributed by atoms with E-state index >= 15 is 0 Å². The fourth-order valence-corrected chi connectivity index (χ4v) is 4.05. The Kier molecular flexibility index (Phi) is 7.78. The zero-order valence-corrected chi connectivity index (χ0v) is 17.7. The molecule has 0 spiro atoms. The SMILES string of the molecule is CCNC(=NCc1ccccc1OC(F)(F)F)NCCc1csc(N2CCCC2)n1. The van der Waals surface area contributed by atoms with Crippen LogP contribution in [-0.2, 0) is 13.0 Å². The minimum atomic E-state index is -4.73. The molecule has 1 aliphatic rings. The minimum absolute atomic E-state index is 0.0669. The summed E-state index contributed by atoms with van der Waals surface area (Å²) in [5.74, 6) is 0.302. The Labute approximate surface area is 178 Å². The molecule has 30 heavy (non-hydrogen) atoms. The summed E-state index contributed by atoms with van der Waals surface area (Å²) in [5.41, 5.74) is 1.39. The lowest BCUT2D eigenvalue weighted by Gasteiger charge is -2.14. The first-order chi connectivity index (χ1) is 14.4. The molecule has 6 nitrogen and oxygen atoms in total. The number of anilines is 1. The van der Waals surface area contributed by atoms with Gasteiger partial charge in [-0.25, -0.2) is 9.98 Å². The van der Waals surface area contributed by atoms with Gasteiger partial charge in [0, 0.05) is 43.5 Å². The third-order valence-corrected chi connectivity index (χ3v) is 5.49. The Balaban J connectivity index is 1.55. The highest BCUT2D eigenvalue weighted by molar-refractivity contribution is 7.13. The molecule has 0 radical (unpaired) electrons. The van der Waals surface area contributed by atoms with Crippen LogP contribution in [0.5, 0.6) is 5.75 Å². The second kappa shape index (κ2) is 10.5. The van der Waals surface area contributed by atoms with Crippen molar-refractivity contribution in [1.29, 1.82) is 0 Å². The van der Waals surface area contributed by atoms with Crippen LogP contribution >= 0.6 is 11.3 Å². The average Bonchev–Trinajstić information content (AvgIpc) is 3.37. The van der Waals surface area contributed by atoms with Crippen molar-refractivity contribution in [3.8, 4) is 5.75 Å². The van der Waals surface area contributed by atoms with Crippen LogP contribution in [0.3, 0.4) is 0 Å². The van der Waals surface area contributed by atoms with Crippen LogP contribution in [-0.4, -0.2) is 43.5 Å². The van der Waals surface area contributed by atoms with Crippen LogP contribution in [0.2, 0.25) is 0 Å². The first-order valence-corrected chi connectivity index (χ1v) is 10.9. The Hall–Kier alpha value is -2.49. The van der Waals surface area contributed by atoms with Gasteiger partial charge in [0.15, 0.2) is 11.1 Å². The van der Waals surface area contributed by atoms with Gasteiger partial charge in [-0.05, 0) is 25.8 Å². The molecule has 3 rings (SSSR count). The maximum Gasteiger partial charge on any atom is 0.573 e. The fraction of sp³-hybridized carbons (Fsp3) is 0.500. The van der Waals surface area contributed by atoms with Crippen molar-refractivity contribution >= 4 is 22.4 Å². The molecular formula is C20H26F3N5OS. The second-order valence-corrected chi connectivity index (χ2v) is 7.68. The third kappa shape index (κ3) is 6.79. The van der Waals surface area contributed by atoms with Gasteiger partial charge < -0.3 is 20.3 Å². The number of ether oxygens (including phenoxy) is 1. The van der Waals surface area contributed by atoms with Crippen LogP contribution in [0.15, 0.2) is 34.6 Å². The number of aromatic nitrogens is 1. The van der Waals surface area contributed by atoms with Crippen LogP contribution in [0, 0.1) is 0 Å². The number of hydrogen-bond donors (Lipinski definition) is 2. The molecule has 0 saturated carbocycles. The van der Waals surface area contributed by atoms with E-state index in [1.807, 2.05) is 6.92 Å². The van der Waals surface area contributed by atoms with Gasteiger partial charge in [-0.15, -0.1) is 24.5 Å². The number of para-hydroxylation sites is 1. The van der Waals surface area contributed by atoms with E-state index in [1.165, 1.54) is 25.0 Å². The summed E-state index contributed by atoms with van der Waals surface area (Å²) < 4.78 is 41.8. The quantitative estimate of drug-likeness (QED) is 0.480. The molecule has 1 saturated heterocycles.